The Morgan fingerprint density at radius 2 is 1.71 bits per heavy atom. The highest BCUT2D eigenvalue weighted by atomic mass is 15.3. The fourth-order valence-electron chi connectivity index (χ4n) is 4.29. The molecule has 3 heteroatoms. The van der Waals surface area contributed by atoms with Gasteiger partial charge >= 0.3 is 0 Å². The number of hydrogen-bond donors (Lipinski definition) is 1. The van der Waals surface area contributed by atoms with E-state index in [-0.39, 0.29) is 0 Å². The van der Waals surface area contributed by atoms with Gasteiger partial charge in [0.05, 0.1) is 17.4 Å². The molecule has 2 aliphatic rings. The first-order valence-electron chi connectivity index (χ1n) is 9.60. The molecule has 0 amide bonds. The van der Waals surface area contributed by atoms with Crippen LogP contribution in [0.4, 0.5) is 0 Å². The topological polar surface area (TPSA) is 29.9 Å². The van der Waals surface area contributed by atoms with Crippen LogP contribution >= 0.6 is 0 Å². The minimum absolute atomic E-state index is 0.581. The Morgan fingerprint density at radius 1 is 1.00 bits per heavy atom. The lowest BCUT2D eigenvalue weighted by Gasteiger charge is -2.28. The molecule has 24 heavy (non-hydrogen) atoms. The van der Waals surface area contributed by atoms with Gasteiger partial charge in [0, 0.05) is 24.1 Å². The zero-order valence-corrected chi connectivity index (χ0v) is 15.0. The van der Waals surface area contributed by atoms with Gasteiger partial charge in [0.15, 0.2) is 0 Å². The zero-order chi connectivity index (χ0) is 16.5. The standard InChI is InChI=1S/C21H29N3/c1-15-3-7-17(8-4-15)21-19-11-13-22-14-12-20(19)23-24(21)18-9-5-16(2)6-10-18/h3-4,7-8,16,18,22H,5-6,9-14H2,1-2H3. The summed E-state index contributed by atoms with van der Waals surface area (Å²) < 4.78 is 2.41. The van der Waals surface area contributed by atoms with E-state index in [2.05, 4.69) is 48.1 Å². The average molecular weight is 323 g/mol. The van der Waals surface area contributed by atoms with Crippen molar-refractivity contribution in [2.45, 2.75) is 58.4 Å². The lowest BCUT2D eigenvalue weighted by Crippen LogP contribution is -2.20. The van der Waals surface area contributed by atoms with Gasteiger partial charge in [-0.15, -0.1) is 0 Å². The number of aryl methyl sites for hydroxylation is 1. The van der Waals surface area contributed by atoms with Crippen molar-refractivity contribution < 1.29 is 0 Å². The van der Waals surface area contributed by atoms with Crippen LogP contribution in [0.3, 0.4) is 0 Å². The van der Waals surface area contributed by atoms with Crippen LogP contribution in [0.5, 0.6) is 0 Å². The number of hydrogen-bond acceptors (Lipinski definition) is 2. The molecule has 0 atom stereocenters. The van der Waals surface area contributed by atoms with E-state index in [1.54, 1.807) is 0 Å². The lowest BCUT2D eigenvalue weighted by molar-refractivity contribution is 0.275. The first-order valence-corrected chi connectivity index (χ1v) is 9.60. The highest BCUT2D eigenvalue weighted by Crippen LogP contribution is 2.37. The molecule has 0 saturated heterocycles. The third-order valence-corrected chi connectivity index (χ3v) is 5.84. The monoisotopic (exact) mass is 323 g/mol. The van der Waals surface area contributed by atoms with E-state index in [1.165, 1.54) is 53.8 Å². The number of benzene rings is 1. The van der Waals surface area contributed by atoms with Gasteiger partial charge in [-0.2, -0.15) is 5.10 Å². The molecule has 0 radical (unpaired) electrons. The molecule has 1 aliphatic heterocycles. The van der Waals surface area contributed by atoms with Crippen LogP contribution in [0, 0.1) is 12.8 Å². The molecule has 1 aromatic heterocycles. The van der Waals surface area contributed by atoms with Crippen molar-refractivity contribution in [2.75, 3.05) is 13.1 Å². The normalized spacial score (nSPS) is 24.4. The number of aromatic nitrogens is 2. The summed E-state index contributed by atoms with van der Waals surface area (Å²) in [5.74, 6) is 0.877. The summed E-state index contributed by atoms with van der Waals surface area (Å²) >= 11 is 0. The molecular formula is C21H29N3. The van der Waals surface area contributed by atoms with Crippen molar-refractivity contribution in [1.29, 1.82) is 0 Å². The Morgan fingerprint density at radius 3 is 2.46 bits per heavy atom. The molecule has 3 nitrogen and oxygen atoms in total. The van der Waals surface area contributed by atoms with E-state index >= 15 is 0 Å². The molecule has 1 aliphatic carbocycles. The Balaban J connectivity index is 1.79. The van der Waals surface area contributed by atoms with Gasteiger partial charge in [-0.05, 0) is 51.5 Å². The van der Waals surface area contributed by atoms with E-state index in [4.69, 9.17) is 5.10 Å². The maximum Gasteiger partial charge on any atom is 0.0720 e. The van der Waals surface area contributed by atoms with Gasteiger partial charge in [-0.1, -0.05) is 36.8 Å². The summed E-state index contributed by atoms with van der Waals surface area (Å²) in [5.41, 5.74) is 6.88. The van der Waals surface area contributed by atoms with Gasteiger partial charge < -0.3 is 5.32 Å². The van der Waals surface area contributed by atoms with Crippen molar-refractivity contribution in [3.63, 3.8) is 0 Å². The molecule has 128 valence electrons. The first kappa shape index (κ1) is 15.9. The van der Waals surface area contributed by atoms with Crippen LogP contribution in [-0.4, -0.2) is 22.9 Å². The molecule has 0 spiro atoms. The van der Waals surface area contributed by atoms with Gasteiger partial charge in [0.2, 0.25) is 0 Å². The molecule has 4 rings (SSSR count). The fourth-order valence-corrected chi connectivity index (χ4v) is 4.29. The third-order valence-electron chi connectivity index (χ3n) is 5.84. The number of rotatable bonds is 2. The molecule has 2 heterocycles. The van der Waals surface area contributed by atoms with Crippen molar-refractivity contribution in [3.05, 3.63) is 41.1 Å². The van der Waals surface area contributed by atoms with Crippen molar-refractivity contribution in [1.82, 2.24) is 15.1 Å². The van der Waals surface area contributed by atoms with E-state index in [0.29, 0.717) is 6.04 Å². The zero-order valence-electron chi connectivity index (χ0n) is 15.0. The van der Waals surface area contributed by atoms with Gasteiger partial charge in [0.25, 0.3) is 0 Å². The van der Waals surface area contributed by atoms with Crippen LogP contribution in [0.2, 0.25) is 0 Å². The van der Waals surface area contributed by atoms with Crippen molar-refractivity contribution in [3.8, 4) is 11.3 Å². The van der Waals surface area contributed by atoms with Gasteiger partial charge in [-0.25, -0.2) is 0 Å². The van der Waals surface area contributed by atoms with E-state index in [1.807, 2.05) is 0 Å². The molecule has 0 unspecified atom stereocenters. The van der Waals surface area contributed by atoms with Crippen LogP contribution < -0.4 is 5.32 Å². The number of nitrogens with one attached hydrogen (secondary N) is 1. The summed E-state index contributed by atoms with van der Waals surface area (Å²) in [6.45, 7) is 6.67. The molecule has 1 fully saturated rings. The van der Waals surface area contributed by atoms with Crippen LogP contribution in [0.25, 0.3) is 11.3 Å². The predicted molar refractivity (Wildman–Crippen MR) is 99.3 cm³/mol. The number of fused-ring (bicyclic) bond motifs is 1. The summed E-state index contributed by atoms with van der Waals surface area (Å²) in [5, 5.41) is 8.66. The van der Waals surface area contributed by atoms with Gasteiger partial charge in [0.1, 0.15) is 0 Å². The lowest BCUT2D eigenvalue weighted by atomic mass is 9.87. The van der Waals surface area contributed by atoms with E-state index in [9.17, 15) is 0 Å². The summed E-state index contributed by atoms with van der Waals surface area (Å²) in [6.07, 6.45) is 7.39. The summed E-state index contributed by atoms with van der Waals surface area (Å²) in [4.78, 5) is 0. The average Bonchev–Trinajstić information content (AvgIpc) is 2.79. The van der Waals surface area contributed by atoms with Crippen LogP contribution in [0.1, 0.15) is 55.5 Å². The number of nitrogens with zero attached hydrogens (tertiary/aromatic N) is 2. The highest BCUT2D eigenvalue weighted by Gasteiger charge is 2.27. The third kappa shape index (κ3) is 3.02. The highest BCUT2D eigenvalue weighted by molar-refractivity contribution is 5.65. The predicted octanol–water partition coefficient (Wildman–Crippen LogP) is 4.30. The Bertz CT molecular complexity index is 691. The van der Waals surface area contributed by atoms with Crippen molar-refractivity contribution in [2.24, 2.45) is 5.92 Å². The molecule has 2 aromatic rings. The molecule has 1 N–H and O–H groups in total. The summed E-state index contributed by atoms with van der Waals surface area (Å²) in [6, 6.07) is 9.62. The quantitative estimate of drug-likeness (QED) is 0.893. The second-order valence-corrected chi connectivity index (χ2v) is 7.75. The Kier molecular flexibility index (Phi) is 4.45. The second kappa shape index (κ2) is 6.72. The largest absolute Gasteiger partial charge is 0.316 e. The SMILES string of the molecule is Cc1ccc(-c2c3c(nn2C2CCC(C)CC2)CCNCC3)cc1. The summed E-state index contributed by atoms with van der Waals surface area (Å²) in [7, 11) is 0. The first-order chi connectivity index (χ1) is 11.7. The maximum atomic E-state index is 5.13. The van der Waals surface area contributed by atoms with E-state index in [0.717, 1.165) is 31.8 Å². The van der Waals surface area contributed by atoms with Crippen LogP contribution in [-0.2, 0) is 12.8 Å². The van der Waals surface area contributed by atoms with E-state index < -0.39 is 0 Å². The smallest absolute Gasteiger partial charge is 0.0720 e. The Hall–Kier alpha value is -1.61. The van der Waals surface area contributed by atoms with Crippen LogP contribution in [0.15, 0.2) is 24.3 Å². The molecule has 1 aromatic carbocycles. The van der Waals surface area contributed by atoms with Gasteiger partial charge in [-0.3, -0.25) is 4.68 Å². The minimum atomic E-state index is 0.581. The molecular weight excluding hydrogens is 294 g/mol. The van der Waals surface area contributed by atoms with Crippen molar-refractivity contribution >= 4 is 0 Å². The fraction of sp³-hybridized carbons (Fsp3) is 0.571. The minimum Gasteiger partial charge on any atom is -0.316 e. The maximum absolute atomic E-state index is 5.13. The molecule has 0 bridgehead atoms. The Labute approximate surface area is 145 Å². The second-order valence-electron chi connectivity index (χ2n) is 7.75. The molecule has 1 saturated carbocycles.